The molecule has 3 N–H and O–H groups in total. The van der Waals surface area contributed by atoms with Crippen LogP contribution >= 0.6 is 15.9 Å². The summed E-state index contributed by atoms with van der Waals surface area (Å²) in [4.78, 5) is -0.207. The molecular formula is C10H10BrFN4O2S. The minimum atomic E-state index is -3.91. The lowest BCUT2D eigenvalue weighted by Gasteiger charge is -2.10. The largest absolute Gasteiger partial charge is 0.398 e. The molecule has 2 aromatic rings. The van der Waals surface area contributed by atoms with Gasteiger partial charge in [-0.2, -0.15) is 5.10 Å². The average Bonchev–Trinajstić information content (AvgIpc) is 2.69. The van der Waals surface area contributed by atoms with E-state index < -0.39 is 15.8 Å². The van der Waals surface area contributed by atoms with Crippen LogP contribution in [0.2, 0.25) is 0 Å². The molecule has 102 valence electrons. The topological polar surface area (TPSA) is 90.0 Å². The smallest absolute Gasteiger partial charge is 0.265 e. The Balaban J connectivity index is 2.46. The summed E-state index contributed by atoms with van der Waals surface area (Å²) in [6.07, 6.45) is 1.45. The summed E-state index contributed by atoms with van der Waals surface area (Å²) >= 11 is 2.92. The molecule has 0 radical (unpaired) electrons. The highest BCUT2D eigenvalue weighted by Crippen LogP contribution is 2.27. The van der Waals surface area contributed by atoms with Crippen LogP contribution in [-0.4, -0.2) is 18.2 Å². The predicted molar refractivity (Wildman–Crippen MR) is 72.5 cm³/mol. The quantitative estimate of drug-likeness (QED) is 0.826. The van der Waals surface area contributed by atoms with E-state index in [9.17, 15) is 12.8 Å². The second-order valence-corrected chi connectivity index (χ2v) is 6.25. The molecule has 0 aliphatic rings. The van der Waals surface area contributed by atoms with E-state index >= 15 is 0 Å². The fourth-order valence-corrected chi connectivity index (χ4v) is 3.17. The molecule has 1 aromatic carbocycles. The number of nitrogens with two attached hydrogens (primary N) is 1. The molecule has 0 bridgehead atoms. The lowest BCUT2D eigenvalue weighted by molar-refractivity contribution is 0.598. The van der Waals surface area contributed by atoms with Gasteiger partial charge in [0.15, 0.2) is 0 Å². The van der Waals surface area contributed by atoms with Crippen molar-refractivity contribution in [3.8, 4) is 0 Å². The molecule has 0 unspecified atom stereocenters. The first kappa shape index (κ1) is 13.8. The van der Waals surface area contributed by atoms with Crippen molar-refractivity contribution in [2.24, 2.45) is 7.05 Å². The molecule has 1 heterocycles. The first-order valence-electron chi connectivity index (χ1n) is 5.06. The first-order chi connectivity index (χ1) is 8.81. The van der Waals surface area contributed by atoms with E-state index in [1.165, 1.54) is 16.9 Å². The van der Waals surface area contributed by atoms with Crippen molar-refractivity contribution in [3.63, 3.8) is 0 Å². The Hall–Kier alpha value is -1.61. The van der Waals surface area contributed by atoms with Gasteiger partial charge in [0, 0.05) is 13.1 Å². The number of hydrogen-bond acceptors (Lipinski definition) is 4. The van der Waals surface area contributed by atoms with E-state index in [0.29, 0.717) is 0 Å². The first-order valence-corrected chi connectivity index (χ1v) is 7.34. The van der Waals surface area contributed by atoms with Crippen LogP contribution in [-0.2, 0) is 17.1 Å². The summed E-state index contributed by atoms with van der Waals surface area (Å²) in [7, 11) is -2.32. The van der Waals surface area contributed by atoms with Gasteiger partial charge in [-0.3, -0.25) is 9.40 Å². The lowest BCUT2D eigenvalue weighted by atomic mass is 10.3. The van der Waals surface area contributed by atoms with Crippen molar-refractivity contribution < 1.29 is 12.8 Å². The third-order valence-corrected chi connectivity index (χ3v) is 4.42. The molecular weight excluding hydrogens is 339 g/mol. The van der Waals surface area contributed by atoms with Gasteiger partial charge in [0.1, 0.15) is 16.5 Å². The van der Waals surface area contributed by atoms with Crippen molar-refractivity contribution in [1.82, 2.24) is 9.78 Å². The van der Waals surface area contributed by atoms with E-state index in [0.717, 1.165) is 12.1 Å². The van der Waals surface area contributed by atoms with Gasteiger partial charge >= 0.3 is 0 Å². The monoisotopic (exact) mass is 348 g/mol. The third-order valence-electron chi connectivity index (χ3n) is 2.40. The average molecular weight is 349 g/mol. The van der Waals surface area contributed by atoms with Gasteiger partial charge in [-0.25, -0.2) is 12.8 Å². The third kappa shape index (κ3) is 2.71. The number of aromatic nitrogens is 2. The van der Waals surface area contributed by atoms with E-state index in [4.69, 9.17) is 5.73 Å². The summed E-state index contributed by atoms with van der Waals surface area (Å²) in [6.45, 7) is 0. The molecule has 9 heteroatoms. The lowest BCUT2D eigenvalue weighted by Crippen LogP contribution is -2.17. The zero-order valence-electron chi connectivity index (χ0n) is 9.76. The molecule has 1 aromatic heterocycles. The number of halogens is 2. The van der Waals surface area contributed by atoms with Gasteiger partial charge in [0.25, 0.3) is 10.0 Å². The van der Waals surface area contributed by atoms with Gasteiger partial charge in [-0.15, -0.1) is 0 Å². The zero-order chi connectivity index (χ0) is 14.2. The van der Waals surface area contributed by atoms with Gasteiger partial charge < -0.3 is 5.73 Å². The number of aryl methyl sites for hydroxylation is 1. The summed E-state index contributed by atoms with van der Waals surface area (Å²) in [5.74, 6) is -0.350. The Kier molecular flexibility index (Phi) is 3.50. The van der Waals surface area contributed by atoms with E-state index in [1.54, 1.807) is 7.05 Å². The van der Waals surface area contributed by atoms with Crippen molar-refractivity contribution in [3.05, 3.63) is 34.7 Å². The highest BCUT2D eigenvalue weighted by Gasteiger charge is 2.20. The highest BCUT2D eigenvalue weighted by molar-refractivity contribution is 9.10. The van der Waals surface area contributed by atoms with Crippen molar-refractivity contribution in [1.29, 1.82) is 0 Å². The number of nitrogens with one attached hydrogen (secondary N) is 1. The zero-order valence-corrected chi connectivity index (χ0v) is 12.2. The van der Waals surface area contributed by atoms with E-state index in [2.05, 4.69) is 25.8 Å². The maximum atomic E-state index is 13.2. The number of benzene rings is 1. The minimum Gasteiger partial charge on any atom is -0.398 e. The normalized spacial score (nSPS) is 11.5. The van der Waals surface area contributed by atoms with Crippen LogP contribution in [0.25, 0.3) is 0 Å². The van der Waals surface area contributed by atoms with E-state index in [1.807, 2.05) is 0 Å². The fourth-order valence-electron chi connectivity index (χ4n) is 1.44. The maximum absolute atomic E-state index is 13.2. The predicted octanol–water partition coefficient (Wildman–Crippen LogP) is 1.70. The van der Waals surface area contributed by atoms with Crippen molar-refractivity contribution in [2.75, 3.05) is 10.5 Å². The van der Waals surface area contributed by atoms with Crippen LogP contribution in [0.1, 0.15) is 0 Å². The molecule has 0 saturated carbocycles. The molecule has 0 aliphatic heterocycles. The summed E-state index contributed by atoms with van der Waals surface area (Å²) in [5.41, 5.74) is 5.37. The maximum Gasteiger partial charge on any atom is 0.265 e. The van der Waals surface area contributed by atoms with Crippen LogP contribution in [0.15, 0.2) is 33.8 Å². The Morgan fingerprint density at radius 2 is 2.16 bits per heavy atom. The van der Waals surface area contributed by atoms with Crippen LogP contribution in [0.4, 0.5) is 15.9 Å². The second-order valence-electron chi connectivity index (χ2n) is 3.75. The highest BCUT2D eigenvalue weighted by atomic mass is 79.9. The molecule has 0 saturated heterocycles. The molecule has 0 fully saturated rings. The number of sulfonamides is 1. The van der Waals surface area contributed by atoms with E-state index in [-0.39, 0.29) is 20.9 Å². The van der Waals surface area contributed by atoms with Crippen LogP contribution in [0, 0.1) is 5.82 Å². The SMILES string of the molecule is Cn1nccc1NS(=O)(=O)c1cc(Br)c(F)cc1N. The van der Waals surface area contributed by atoms with Crippen LogP contribution in [0.5, 0.6) is 0 Å². The molecule has 2 rings (SSSR count). The minimum absolute atomic E-state index is 0.0204. The molecule has 0 amide bonds. The fraction of sp³-hybridized carbons (Fsp3) is 0.100. The second kappa shape index (κ2) is 4.82. The molecule has 6 nitrogen and oxygen atoms in total. The summed E-state index contributed by atoms with van der Waals surface area (Å²) in [5, 5.41) is 3.84. The molecule has 19 heavy (non-hydrogen) atoms. The number of nitrogen functional groups attached to an aromatic ring is 1. The standard InChI is InChI=1S/C10H10BrFN4O2S/c1-16-10(2-3-14-16)15-19(17,18)9-4-6(11)7(12)5-8(9)13/h2-5,15H,13H2,1H3. The molecule has 0 aliphatic carbocycles. The molecule has 0 spiro atoms. The van der Waals surface area contributed by atoms with Gasteiger partial charge in [0.2, 0.25) is 0 Å². The Bertz CT molecular complexity index is 729. The summed E-state index contributed by atoms with van der Waals surface area (Å²) < 4.78 is 41.2. The van der Waals surface area contributed by atoms with Gasteiger partial charge in [0.05, 0.1) is 16.4 Å². The van der Waals surface area contributed by atoms with Crippen molar-refractivity contribution >= 4 is 37.5 Å². The number of hydrogen-bond donors (Lipinski definition) is 2. The number of nitrogens with zero attached hydrogens (tertiary/aromatic N) is 2. The Labute approximate surface area is 117 Å². The Morgan fingerprint density at radius 3 is 2.74 bits per heavy atom. The van der Waals surface area contributed by atoms with Crippen LogP contribution in [0.3, 0.4) is 0 Å². The van der Waals surface area contributed by atoms with Gasteiger partial charge in [-0.1, -0.05) is 0 Å². The van der Waals surface area contributed by atoms with Gasteiger partial charge in [-0.05, 0) is 28.1 Å². The Morgan fingerprint density at radius 1 is 1.47 bits per heavy atom. The summed E-state index contributed by atoms with van der Waals surface area (Å²) in [6, 6.07) is 3.55. The molecule has 0 atom stereocenters. The number of rotatable bonds is 3. The van der Waals surface area contributed by atoms with Crippen molar-refractivity contribution in [2.45, 2.75) is 4.90 Å². The number of anilines is 2. The van der Waals surface area contributed by atoms with Crippen LogP contribution < -0.4 is 10.5 Å².